The first-order valence-corrected chi connectivity index (χ1v) is 6.28. The van der Waals surface area contributed by atoms with Crippen molar-refractivity contribution in [3.05, 3.63) is 29.3 Å². The van der Waals surface area contributed by atoms with E-state index in [2.05, 4.69) is 5.32 Å². The normalized spacial score (nSPS) is 17.6. The lowest BCUT2D eigenvalue weighted by molar-refractivity contribution is 0.368. The van der Waals surface area contributed by atoms with Crippen molar-refractivity contribution in [1.29, 1.82) is 0 Å². The molecule has 0 aromatic heterocycles. The quantitative estimate of drug-likeness (QED) is 0.818. The summed E-state index contributed by atoms with van der Waals surface area (Å²) in [4.78, 5) is 0. The van der Waals surface area contributed by atoms with Crippen LogP contribution in [-0.4, -0.2) is 11.1 Å². The fourth-order valence-corrected chi connectivity index (χ4v) is 2.42. The Bertz CT molecular complexity index is 343. The summed E-state index contributed by atoms with van der Waals surface area (Å²) in [5, 5.41) is 13.4. The molecule has 16 heavy (non-hydrogen) atoms. The highest BCUT2D eigenvalue weighted by atomic mass is 16.3. The second-order valence-electron chi connectivity index (χ2n) is 4.80. The highest BCUT2D eigenvalue weighted by molar-refractivity contribution is 5.39. The third kappa shape index (κ3) is 2.76. The molecular formula is C14H21NO. The standard InChI is InChI=1S/C14H21NO/c1-11-6-5-7-12(14(11)16)10-15-13-8-3-2-4-9-13/h5-7,13,15-16H,2-4,8-10H2,1H3. The summed E-state index contributed by atoms with van der Waals surface area (Å²) in [6.45, 7) is 2.73. The van der Waals surface area contributed by atoms with Gasteiger partial charge in [0.1, 0.15) is 5.75 Å². The second kappa shape index (κ2) is 5.35. The van der Waals surface area contributed by atoms with Gasteiger partial charge >= 0.3 is 0 Å². The summed E-state index contributed by atoms with van der Waals surface area (Å²) >= 11 is 0. The minimum atomic E-state index is 0.450. The molecule has 2 nitrogen and oxygen atoms in total. The SMILES string of the molecule is Cc1cccc(CNC2CCCCC2)c1O. The molecule has 0 unspecified atom stereocenters. The fraction of sp³-hybridized carbons (Fsp3) is 0.571. The van der Waals surface area contributed by atoms with Gasteiger partial charge in [0.25, 0.3) is 0 Å². The van der Waals surface area contributed by atoms with Gasteiger partial charge in [-0.2, -0.15) is 0 Å². The van der Waals surface area contributed by atoms with Crippen LogP contribution in [0.2, 0.25) is 0 Å². The molecule has 0 amide bonds. The van der Waals surface area contributed by atoms with Gasteiger partial charge < -0.3 is 10.4 Å². The zero-order valence-electron chi connectivity index (χ0n) is 10.00. The topological polar surface area (TPSA) is 32.3 Å². The zero-order chi connectivity index (χ0) is 11.4. The number of aromatic hydroxyl groups is 1. The maximum absolute atomic E-state index is 9.89. The van der Waals surface area contributed by atoms with E-state index in [1.807, 2.05) is 25.1 Å². The van der Waals surface area contributed by atoms with E-state index in [-0.39, 0.29) is 0 Å². The van der Waals surface area contributed by atoms with Gasteiger partial charge in [-0.05, 0) is 25.3 Å². The molecule has 88 valence electrons. The van der Waals surface area contributed by atoms with E-state index in [1.54, 1.807) is 0 Å². The molecule has 1 aromatic carbocycles. The first-order chi connectivity index (χ1) is 7.77. The minimum Gasteiger partial charge on any atom is -0.507 e. The summed E-state index contributed by atoms with van der Waals surface area (Å²) in [6.07, 6.45) is 6.64. The number of rotatable bonds is 3. The van der Waals surface area contributed by atoms with Crippen LogP contribution in [0.4, 0.5) is 0 Å². The van der Waals surface area contributed by atoms with E-state index < -0.39 is 0 Å². The van der Waals surface area contributed by atoms with Crippen LogP contribution in [0, 0.1) is 6.92 Å². The molecule has 0 bridgehead atoms. The van der Waals surface area contributed by atoms with E-state index in [0.29, 0.717) is 11.8 Å². The van der Waals surface area contributed by atoms with Crippen molar-refractivity contribution in [2.75, 3.05) is 0 Å². The summed E-state index contributed by atoms with van der Waals surface area (Å²) < 4.78 is 0. The molecule has 1 aliphatic rings. The van der Waals surface area contributed by atoms with Gasteiger partial charge in [-0.25, -0.2) is 0 Å². The predicted molar refractivity (Wildman–Crippen MR) is 66.6 cm³/mol. The largest absolute Gasteiger partial charge is 0.507 e. The average molecular weight is 219 g/mol. The maximum atomic E-state index is 9.89. The average Bonchev–Trinajstić information content (AvgIpc) is 2.32. The fourth-order valence-electron chi connectivity index (χ4n) is 2.42. The summed E-state index contributed by atoms with van der Waals surface area (Å²) in [6, 6.07) is 6.60. The van der Waals surface area contributed by atoms with Crippen molar-refractivity contribution in [2.45, 2.75) is 51.6 Å². The third-order valence-electron chi connectivity index (χ3n) is 3.51. The smallest absolute Gasteiger partial charge is 0.122 e. The van der Waals surface area contributed by atoms with Crippen LogP contribution >= 0.6 is 0 Å². The summed E-state index contributed by atoms with van der Waals surface area (Å²) in [7, 11) is 0. The Morgan fingerprint density at radius 3 is 2.75 bits per heavy atom. The summed E-state index contributed by atoms with van der Waals surface area (Å²) in [5.74, 6) is 0.450. The maximum Gasteiger partial charge on any atom is 0.122 e. The van der Waals surface area contributed by atoms with Crippen molar-refractivity contribution in [3.8, 4) is 5.75 Å². The van der Waals surface area contributed by atoms with Crippen LogP contribution < -0.4 is 5.32 Å². The first kappa shape index (κ1) is 11.5. The van der Waals surface area contributed by atoms with Gasteiger partial charge in [-0.3, -0.25) is 0 Å². The van der Waals surface area contributed by atoms with Crippen LogP contribution in [0.15, 0.2) is 18.2 Å². The highest BCUT2D eigenvalue weighted by Gasteiger charge is 2.13. The Morgan fingerprint density at radius 1 is 1.25 bits per heavy atom. The zero-order valence-corrected chi connectivity index (χ0v) is 10.00. The number of benzene rings is 1. The Kier molecular flexibility index (Phi) is 3.83. The van der Waals surface area contributed by atoms with Crippen LogP contribution in [-0.2, 0) is 6.54 Å². The molecule has 0 radical (unpaired) electrons. The molecule has 0 spiro atoms. The lowest BCUT2D eigenvalue weighted by Crippen LogP contribution is -2.30. The van der Waals surface area contributed by atoms with Gasteiger partial charge in [-0.1, -0.05) is 37.5 Å². The second-order valence-corrected chi connectivity index (χ2v) is 4.80. The molecule has 2 heteroatoms. The summed E-state index contributed by atoms with van der Waals surface area (Å²) in [5.41, 5.74) is 1.98. The molecule has 1 fully saturated rings. The van der Waals surface area contributed by atoms with E-state index in [9.17, 15) is 5.11 Å². The predicted octanol–water partition coefficient (Wildman–Crippen LogP) is 3.12. The van der Waals surface area contributed by atoms with E-state index >= 15 is 0 Å². The van der Waals surface area contributed by atoms with Crippen molar-refractivity contribution < 1.29 is 5.11 Å². The molecule has 1 aromatic rings. The van der Waals surface area contributed by atoms with Gasteiger partial charge in [-0.15, -0.1) is 0 Å². The molecule has 1 aliphatic carbocycles. The van der Waals surface area contributed by atoms with Gasteiger partial charge in [0.2, 0.25) is 0 Å². The van der Waals surface area contributed by atoms with E-state index in [4.69, 9.17) is 0 Å². The minimum absolute atomic E-state index is 0.450. The third-order valence-corrected chi connectivity index (χ3v) is 3.51. The molecule has 1 saturated carbocycles. The number of para-hydroxylation sites is 1. The Hall–Kier alpha value is -1.02. The lowest BCUT2D eigenvalue weighted by Gasteiger charge is -2.23. The number of hydrogen-bond donors (Lipinski definition) is 2. The number of phenolic OH excluding ortho intramolecular Hbond substituents is 1. The van der Waals surface area contributed by atoms with Crippen molar-refractivity contribution in [3.63, 3.8) is 0 Å². The first-order valence-electron chi connectivity index (χ1n) is 6.28. The molecule has 0 heterocycles. The molecule has 2 rings (SSSR count). The molecule has 0 aliphatic heterocycles. The number of nitrogens with one attached hydrogen (secondary N) is 1. The van der Waals surface area contributed by atoms with Gasteiger partial charge in [0.15, 0.2) is 0 Å². The van der Waals surface area contributed by atoms with Gasteiger partial charge in [0, 0.05) is 18.2 Å². The number of phenols is 1. The molecular weight excluding hydrogens is 198 g/mol. The molecule has 0 atom stereocenters. The van der Waals surface area contributed by atoms with E-state index in [1.165, 1.54) is 32.1 Å². The molecule has 0 saturated heterocycles. The lowest BCUT2D eigenvalue weighted by atomic mass is 9.95. The van der Waals surface area contributed by atoms with Crippen molar-refractivity contribution in [1.82, 2.24) is 5.32 Å². The Morgan fingerprint density at radius 2 is 2.00 bits per heavy atom. The Labute approximate surface area is 97.7 Å². The van der Waals surface area contributed by atoms with Crippen molar-refractivity contribution in [2.24, 2.45) is 0 Å². The number of aryl methyl sites for hydroxylation is 1. The van der Waals surface area contributed by atoms with Gasteiger partial charge in [0.05, 0.1) is 0 Å². The monoisotopic (exact) mass is 219 g/mol. The Balaban J connectivity index is 1.91. The van der Waals surface area contributed by atoms with Crippen LogP contribution in [0.3, 0.4) is 0 Å². The number of hydrogen-bond acceptors (Lipinski definition) is 2. The molecule has 2 N–H and O–H groups in total. The van der Waals surface area contributed by atoms with E-state index in [0.717, 1.165) is 17.7 Å². The highest BCUT2D eigenvalue weighted by Crippen LogP contribution is 2.22. The van der Waals surface area contributed by atoms with Crippen LogP contribution in [0.5, 0.6) is 5.75 Å². The van der Waals surface area contributed by atoms with Crippen molar-refractivity contribution >= 4 is 0 Å². The van der Waals surface area contributed by atoms with Crippen LogP contribution in [0.25, 0.3) is 0 Å². The van der Waals surface area contributed by atoms with Crippen LogP contribution in [0.1, 0.15) is 43.2 Å².